The molecule has 0 saturated carbocycles. The summed E-state index contributed by atoms with van der Waals surface area (Å²) in [5.74, 6) is 0. The molecule has 0 unspecified atom stereocenters. The van der Waals surface area contributed by atoms with Crippen LogP contribution in [0.4, 0.5) is 0 Å². The van der Waals surface area contributed by atoms with Gasteiger partial charge in [0.1, 0.15) is 0 Å². The van der Waals surface area contributed by atoms with Crippen molar-refractivity contribution in [3.05, 3.63) is 59.1 Å². The zero-order valence-electron chi connectivity index (χ0n) is 10.5. The van der Waals surface area contributed by atoms with Crippen molar-refractivity contribution in [3.63, 3.8) is 0 Å². The van der Waals surface area contributed by atoms with E-state index in [9.17, 15) is 5.02 Å². The summed E-state index contributed by atoms with van der Waals surface area (Å²) < 4.78 is 0. The van der Waals surface area contributed by atoms with Gasteiger partial charge in [0.15, 0.2) is 0 Å². The quantitative estimate of drug-likeness (QED) is 0.802. The number of aryl methyl sites for hydroxylation is 1. The molecule has 0 atom stereocenters. The SMILES string of the molecule is CO.Cc1ccc(Cl)cc1B(O)c1ccccc1. The van der Waals surface area contributed by atoms with Gasteiger partial charge in [-0.1, -0.05) is 53.6 Å². The molecular weight excluding hydrogens is 246 g/mol. The van der Waals surface area contributed by atoms with Gasteiger partial charge in [0, 0.05) is 12.1 Å². The first kappa shape index (κ1) is 14.8. The number of halogens is 1. The Bertz CT molecular complexity index is 488. The standard InChI is InChI=1S/C13H12BClO.CH4O/c1-10-7-8-12(15)9-13(10)14(16)11-5-3-2-4-6-11;1-2/h2-9,16H,1H3;2H,1H3. The number of benzene rings is 2. The van der Waals surface area contributed by atoms with E-state index in [4.69, 9.17) is 16.7 Å². The van der Waals surface area contributed by atoms with E-state index in [0.717, 1.165) is 23.6 Å². The number of hydrogen-bond donors (Lipinski definition) is 2. The molecule has 0 heterocycles. The highest BCUT2D eigenvalue weighted by Gasteiger charge is 2.18. The number of aliphatic hydroxyl groups excluding tert-OH is 1. The van der Waals surface area contributed by atoms with Crippen molar-refractivity contribution < 1.29 is 10.1 Å². The molecule has 2 rings (SSSR count). The molecule has 0 aliphatic heterocycles. The lowest BCUT2D eigenvalue weighted by molar-refractivity contribution is 0.399. The Morgan fingerprint density at radius 2 is 1.61 bits per heavy atom. The van der Waals surface area contributed by atoms with E-state index in [1.165, 1.54) is 0 Å². The van der Waals surface area contributed by atoms with E-state index in [-0.39, 0.29) is 0 Å². The second-order valence-electron chi connectivity index (χ2n) is 3.81. The third kappa shape index (κ3) is 3.60. The average molecular weight is 263 g/mol. The van der Waals surface area contributed by atoms with Crippen molar-refractivity contribution in [1.82, 2.24) is 0 Å². The lowest BCUT2D eigenvalue weighted by Crippen LogP contribution is -2.43. The lowest BCUT2D eigenvalue weighted by Gasteiger charge is -2.10. The summed E-state index contributed by atoms with van der Waals surface area (Å²) >= 11 is 5.94. The summed E-state index contributed by atoms with van der Waals surface area (Å²) in [5.41, 5.74) is 2.78. The topological polar surface area (TPSA) is 40.5 Å². The molecule has 18 heavy (non-hydrogen) atoms. The van der Waals surface area contributed by atoms with Gasteiger partial charge in [-0.05, 0) is 30.0 Å². The molecule has 2 nitrogen and oxygen atoms in total. The van der Waals surface area contributed by atoms with E-state index in [2.05, 4.69) is 0 Å². The van der Waals surface area contributed by atoms with E-state index in [0.29, 0.717) is 5.02 Å². The van der Waals surface area contributed by atoms with Crippen LogP contribution in [0.5, 0.6) is 0 Å². The van der Waals surface area contributed by atoms with Crippen molar-refractivity contribution in [2.75, 3.05) is 7.11 Å². The zero-order valence-corrected chi connectivity index (χ0v) is 11.2. The molecule has 2 aromatic rings. The van der Waals surface area contributed by atoms with Gasteiger partial charge in [0.2, 0.25) is 0 Å². The van der Waals surface area contributed by atoms with Crippen molar-refractivity contribution in [2.24, 2.45) is 0 Å². The molecular formula is C14H16BClO2. The van der Waals surface area contributed by atoms with Gasteiger partial charge in [-0.3, -0.25) is 0 Å². The minimum Gasteiger partial charge on any atom is -0.443 e. The molecule has 0 aromatic heterocycles. The molecule has 4 heteroatoms. The van der Waals surface area contributed by atoms with Crippen LogP contribution in [0.1, 0.15) is 5.56 Å². The maximum absolute atomic E-state index is 10.2. The Labute approximate surface area is 113 Å². The molecule has 0 aliphatic rings. The Hall–Kier alpha value is -1.29. The molecule has 0 radical (unpaired) electrons. The Kier molecular flexibility index (Phi) is 5.92. The van der Waals surface area contributed by atoms with E-state index in [1.54, 1.807) is 0 Å². The molecule has 2 N–H and O–H groups in total. The van der Waals surface area contributed by atoms with Gasteiger partial charge in [0.05, 0.1) is 0 Å². The van der Waals surface area contributed by atoms with Crippen LogP contribution in [0.2, 0.25) is 5.02 Å². The van der Waals surface area contributed by atoms with Gasteiger partial charge >= 0.3 is 6.92 Å². The predicted octanol–water partition coefficient (Wildman–Crippen LogP) is 1.35. The van der Waals surface area contributed by atoms with Gasteiger partial charge in [-0.2, -0.15) is 0 Å². The molecule has 0 spiro atoms. The fourth-order valence-electron chi connectivity index (χ4n) is 1.72. The van der Waals surface area contributed by atoms with Crippen LogP contribution in [-0.2, 0) is 0 Å². The monoisotopic (exact) mass is 262 g/mol. The van der Waals surface area contributed by atoms with E-state index in [1.807, 2.05) is 55.5 Å². The first-order chi connectivity index (χ1) is 8.68. The third-order valence-corrected chi connectivity index (χ3v) is 2.89. The molecule has 2 aromatic carbocycles. The van der Waals surface area contributed by atoms with Gasteiger partial charge in [-0.25, -0.2) is 0 Å². The van der Waals surface area contributed by atoms with Crippen LogP contribution >= 0.6 is 11.6 Å². The van der Waals surface area contributed by atoms with Crippen LogP contribution in [0, 0.1) is 6.92 Å². The molecule has 0 bridgehead atoms. The molecule has 0 aliphatic carbocycles. The van der Waals surface area contributed by atoms with Crippen LogP contribution in [-0.4, -0.2) is 24.2 Å². The summed E-state index contributed by atoms with van der Waals surface area (Å²) in [6.45, 7) is 1.36. The highest BCUT2D eigenvalue weighted by molar-refractivity contribution is 6.79. The highest BCUT2D eigenvalue weighted by Crippen LogP contribution is 2.07. The third-order valence-electron chi connectivity index (χ3n) is 2.65. The maximum atomic E-state index is 10.2. The Morgan fingerprint density at radius 3 is 2.22 bits per heavy atom. The van der Waals surface area contributed by atoms with Crippen LogP contribution in [0.25, 0.3) is 0 Å². The van der Waals surface area contributed by atoms with Gasteiger partial charge in [0.25, 0.3) is 0 Å². The first-order valence-electron chi connectivity index (χ1n) is 5.62. The molecule has 0 amide bonds. The van der Waals surface area contributed by atoms with E-state index >= 15 is 0 Å². The summed E-state index contributed by atoms with van der Waals surface area (Å²) in [6.07, 6.45) is 0. The highest BCUT2D eigenvalue weighted by atomic mass is 35.5. The van der Waals surface area contributed by atoms with Crippen LogP contribution in [0.3, 0.4) is 0 Å². The molecule has 0 fully saturated rings. The fourth-order valence-corrected chi connectivity index (χ4v) is 1.90. The second kappa shape index (κ2) is 7.22. The smallest absolute Gasteiger partial charge is 0.359 e. The summed E-state index contributed by atoms with van der Waals surface area (Å²) in [5, 5.41) is 17.9. The molecule has 94 valence electrons. The van der Waals surface area contributed by atoms with Crippen LogP contribution in [0.15, 0.2) is 48.5 Å². The number of aliphatic hydroxyl groups is 1. The number of rotatable bonds is 2. The van der Waals surface area contributed by atoms with Gasteiger partial charge in [-0.15, -0.1) is 0 Å². The Morgan fingerprint density at radius 1 is 1.00 bits per heavy atom. The largest absolute Gasteiger partial charge is 0.443 e. The van der Waals surface area contributed by atoms with Crippen LogP contribution < -0.4 is 10.9 Å². The first-order valence-corrected chi connectivity index (χ1v) is 6.00. The summed E-state index contributed by atoms with van der Waals surface area (Å²) in [6, 6.07) is 15.1. The lowest BCUT2D eigenvalue weighted by atomic mass is 9.55. The minimum absolute atomic E-state index is 0.611. The summed E-state index contributed by atoms with van der Waals surface area (Å²) in [7, 11) is 1.00. The van der Waals surface area contributed by atoms with Gasteiger partial charge < -0.3 is 10.1 Å². The minimum atomic E-state index is -0.611. The second-order valence-corrected chi connectivity index (χ2v) is 4.25. The predicted molar refractivity (Wildman–Crippen MR) is 78.0 cm³/mol. The molecule has 0 saturated heterocycles. The van der Waals surface area contributed by atoms with E-state index < -0.39 is 6.92 Å². The van der Waals surface area contributed by atoms with Crippen molar-refractivity contribution in [1.29, 1.82) is 0 Å². The Balaban J connectivity index is 0.000000771. The zero-order chi connectivity index (χ0) is 13.5. The number of hydrogen-bond acceptors (Lipinski definition) is 2. The normalized spacial score (nSPS) is 9.39. The summed E-state index contributed by atoms with van der Waals surface area (Å²) in [4.78, 5) is 0. The van der Waals surface area contributed by atoms with Crippen molar-refractivity contribution >= 4 is 29.4 Å². The average Bonchev–Trinajstić information content (AvgIpc) is 2.44. The fraction of sp³-hybridized carbons (Fsp3) is 0.143. The maximum Gasteiger partial charge on any atom is 0.359 e. The van der Waals surface area contributed by atoms with Crippen molar-refractivity contribution in [2.45, 2.75) is 6.92 Å². The van der Waals surface area contributed by atoms with Crippen molar-refractivity contribution in [3.8, 4) is 0 Å².